The summed E-state index contributed by atoms with van der Waals surface area (Å²) in [7, 11) is 0. The van der Waals surface area contributed by atoms with E-state index in [0.717, 1.165) is 12.8 Å². The van der Waals surface area contributed by atoms with E-state index in [0.29, 0.717) is 23.7 Å². The lowest BCUT2D eigenvalue weighted by atomic mass is 10.1. The molecule has 1 rings (SSSR count). The second kappa shape index (κ2) is 9.11. The molecule has 3 N–H and O–H groups in total. The third-order valence-corrected chi connectivity index (χ3v) is 2.84. The fraction of sp³-hybridized carbons (Fsp3) is 0.500. The number of unbranched alkanes of at least 4 members (excludes halogenated alkanes) is 1. The summed E-state index contributed by atoms with van der Waals surface area (Å²) in [5.41, 5.74) is 6.34. The Bertz CT molecular complexity index is 486. The number of hydrogen-bond donors (Lipinski definition) is 2. The summed E-state index contributed by atoms with van der Waals surface area (Å²) in [5, 5.41) is 2.89. The molecule has 0 radical (unpaired) electrons. The van der Waals surface area contributed by atoms with Gasteiger partial charge in [-0.1, -0.05) is 38.5 Å². The number of carbonyl (C=O) groups excluding carboxylic acids is 1. The van der Waals surface area contributed by atoms with Crippen molar-refractivity contribution in [3.05, 3.63) is 29.6 Å². The molecule has 0 aromatic carbocycles. The number of nitrogens with one attached hydrogen (secondary N) is 1. The summed E-state index contributed by atoms with van der Waals surface area (Å²) >= 11 is 0. The van der Waals surface area contributed by atoms with Gasteiger partial charge in [0.15, 0.2) is 0 Å². The molecule has 0 saturated heterocycles. The Morgan fingerprint density at radius 1 is 1.45 bits per heavy atom. The first-order valence-corrected chi connectivity index (χ1v) is 7.07. The summed E-state index contributed by atoms with van der Waals surface area (Å²) < 4.78 is 0. The van der Waals surface area contributed by atoms with Crippen LogP contribution < -0.4 is 11.1 Å². The van der Waals surface area contributed by atoms with Gasteiger partial charge in [0.05, 0.1) is 12.1 Å². The minimum absolute atomic E-state index is 0.170. The van der Waals surface area contributed by atoms with Crippen LogP contribution in [-0.4, -0.2) is 24.0 Å². The Morgan fingerprint density at radius 2 is 2.25 bits per heavy atom. The van der Waals surface area contributed by atoms with Crippen molar-refractivity contribution in [1.29, 1.82) is 0 Å². The minimum atomic E-state index is -0.170. The zero-order chi connectivity index (χ0) is 14.8. The first-order valence-electron chi connectivity index (χ1n) is 7.07. The van der Waals surface area contributed by atoms with Crippen molar-refractivity contribution in [2.75, 3.05) is 13.1 Å². The Kier molecular flexibility index (Phi) is 7.38. The molecule has 0 aliphatic carbocycles. The number of carbonyl (C=O) groups is 1. The minimum Gasteiger partial charge on any atom is -0.351 e. The lowest BCUT2D eigenvalue weighted by Gasteiger charge is -2.07. The van der Waals surface area contributed by atoms with Gasteiger partial charge in [-0.2, -0.15) is 0 Å². The van der Waals surface area contributed by atoms with Gasteiger partial charge in [-0.25, -0.2) is 4.98 Å². The van der Waals surface area contributed by atoms with E-state index in [2.05, 4.69) is 36.0 Å². The average Bonchev–Trinajstić information content (AvgIpc) is 2.44. The average molecular weight is 273 g/mol. The molecule has 0 aliphatic rings. The largest absolute Gasteiger partial charge is 0.351 e. The Balaban J connectivity index is 2.51. The number of aromatic nitrogens is 1. The molecular formula is C16H23N3O. The van der Waals surface area contributed by atoms with Crippen molar-refractivity contribution >= 4 is 5.91 Å². The van der Waals surface area contributed by atoms with Gasteiger partial charge in [-0.05, 0) is 24.5 Å². The number of nitrogens with zero attached hydrogens (tertiary/aromatic N) is 1. The van der Waals surface area contributed by atoms with Gasteiger partial charge in [0.1, 0.15) is 5.69 Å². The first-order chi connectivity index (χ1) is 9.65. The fourth-order valence-corrected chi connectivity index (χ4v) is 1.80. The summed E-state index contributed by atoms with van der Waals surface area (Å²) in [6.07, 6.45) is 4.90. The highest BCUT2D eigenvalue weighted by Crippen LogP contribution is 2.06. The maximum atomic E-state index is 12.1. The van der Waals surface area contributed by atoms with Crippen LogP contribution in [-0.2, 0) is 0 Å². The molecule has 0 unspecified atom stereocenters. The predicted octanol–water partition coefficient (Wildman–Crippen LogP) is 1.95. The first kappa shape index (κ1) is 16.2. The zero-order valence-electron chi connectivity index (χ0n) is 12.3. The zero-order valence-corrected chi connectivity index (χ0v) is 12.3. The molecule has 0 atom stereocenters. The van der Waals surface area contributed by atoms with Gasteiger partial charge >= 0.3 is 0 Å². The van der Waals surface area contributed by atoms with Crippen molar-refractivity contribution < 1.29 is 4.79 Å². The molecule has 0 fully saturated rings. The molecule has 1 aromatic rings. The van der Waals surface area contributed by atoms with E-state index in [9.17, 15) is 4.79 Å². The summed E-state index contributed by atoms with van der Waals surface area (Å²) in [4.78, 5) is 16.2. The standard InChI is InChI=1S/C16H23N3O/c1-13(2)7-3-4-11-19-16(20)15-14(8-5-10-17)9-6-12-18-15/h6,9,12-13H,3-4,7,10-11,17H2,1-2H3,(H,19,20). The maximum Gasteiger partial charge on any atom is 0.271 e. The molecule has 108 valence electrons. The topological polar surface area (TPSA) is 68.0 Å². The lowest BCUT2D eigenvalue weighted by molar-refractivity contribution is 0.0947. The normalized spacial score (nSPS) is 10.0. The van der Waals surface area contributed by atoms with E-state index in [1.165, 1.54) is 6.42 Å². The molecular weight excluding hydrogens is 250 g/mol. The van der Waals surface area contributed by atoms with Gasteiger partial charge in [0.2, 0.25) is 0 Å². The molecule has 0 spiro atoms. The van der Waals surface area contributed by atoms with Crippen LogP contribution in [0.15, 0.2) is 18.3 Å². The van der Waals surface area contributed by atoms with Gasteiger partial charge < -0.3 is 11.1 Å². The molecule has 0 saturated carbocycles. The van der Waals surface area contributed by atoms with Gasteiger partial charge in [-0.3, -0.25) is 4.79 Å². The summed E-state index contributed by atoms with van der Waals surface area (Å²) in [5.74, 6) is 6.16. The molecule has 1 amide bonds. The molecule has 1 heterocycles. The van der Waals surface area contributed by atoms with Gasteiger partial charge in [0, 0.05) is 12.7 Å². The number of amides is 1. The van der Waals surface area contributed by atoms with Crippen LogP contribution in [0.1, 0.15) is 49.2 Å². The van der Waals surface area contributed by atoms with Crippen LogP contribution in [0.4, 0.5) is 0 Å². The van der Waals surface area contributed by atoms with Crippen LogP contribution in [0.25, 0.3) is 0 Å². The summed E-state index contributed by atoms with van der Waals surface area (Å²) in [6.45, 7) is 5.35. The van der Waals surface area contributed by atoms with Gasteiger partial charge in [-0.15, -0.1) is 0 Å². The Morgan fingerprint density at radius 3 is 2.95 bits per heavy atom. The monoisotopic (exact) mass is 273 g/mol. The fourth-order valence-electron chi connectivity index (χ4n) is 1.80. The van der Waals surface area contributed by atoms with E-state index in [1.807, 2.05) is 0 Å². The van der Waals surface area contributed by atoms with Crippen molar-refractivity contribution in [2.45, 2.75) is 33.1 Å². The second-order valence-electron chi connectivity index (χ2n) is 5.05. The number of pyridine rings is 1. The van der Waals surface area contributed by atoms with Crippen molar-refractivity contribution in [3.8, 4) is 11.8 Å². The Labute approximate surface area is 121 Å². The molecule has 20 heavy (non-hydrogen) atoms. The van der Waals surface area contributed by atoms with E-state index < -0.39 is 0 Å². The molecule has 0 aliphatic heterocycles. The number of hydrogen-bond acceptors (Lipinski definition) is 3. The van der Waals surface area contributed by atoms with Crippen LogP contribution in [0.5, 0.6) is 0 Å². The highest BCUT2D eigenvalue weighted by Gasteiger charge is 2.10. The predicted molar refractivity (Wildman–Crippen MR) is 81.2 cm³/mol. The third-order valence-electron chi connectivity index (χ3n) is 2.84. The number of rotatable bonds is 6. The molecule has 1 aromatic heterocycles. The van der Waals surface area contributed by atoms with Crippen LogP contribution in [0.3, 0.4) is 0 Å². The SMILES string of the molecule is CC(C)CCCCNC(=O)c1ncccc1C#CCN. The van der Waals surface area contributed by atoms with Gasteiger partial charge in [0.25, 0.3) is 5.91 Å². The van der Waals surface area contributed by atoms with Crippen LogP contribution >= 0.6 is 0 Å². The smallest absolute Gasteiger partial charge is 0.271 e. The summed E-state index contributed by atoms with van der Waals surface area (Å²) in [6, 6.07) is 3.54. The Hall–Kier alpha value is -1.86. The molecule has 0 bridgehead atoms. The molecule has 4 heteroatoms. The third kappa shape index (κ3) is 5.85. The van der Waals surface area contributed by atoms with E-state index in [-0.39, 0.29) is 12.5 Å². The maximum absolute atomic E-state index is 12.1. The highest BCUT2D eigenvalue weighted by molar-refractivity contribution is 5.94. The molecule has 4 nitrogen and oxygen atoms in total. The van der Waals surface area contributed by atoms with E-state index >= 15 is 0 Å². The van der Waals surface area contributed by atoms with E-state index in [4.69, 9.17) is 5.73 Å². The highest BCUT2D eigenvalue weighted by atomic mass is 16.1. The van der Waals surface area contributed by atoms with Crippen LogP contribution in [0, 0.1) is 17.8 Å². The number of nitrogens with two attached hydrogens (primary N) is 1. The second-order valence-corrected chi connectivity index (χ2v) is 5.05. The van der Waals surface area contributed by atoms with E-state index in [1.54, 1.807) is 18.3 Å². The van der Waals surface area contributed by atoms with Crippen LogP contribution in [0.2, 0.25) is 0 Å². The quantitative estimate of drug-likeness (QED) is 0.615. The van der Waals surface area contributed by atoms with Crippen molar-refractivity contribution in [3.63, 3.8) is 0 Å². The van der Waals surface area contributed by atoms with Crippen molar-refractivity contribution in [1.82, 2.24) is 10.3 Å². The van der Waals surface area contributed by atoms with Crippen molar-refractivity contribution in [2.24, 2.45) is 11.7 Å². The lowest BCUT2D eigenvalue weighted by Crippen LogP contribution is -2.26.